The third kappa shape index (κ3) is 8.94. The van der Waals surface area contributed by atoms with Crippen LogP contribution in [-0.4, -0.2) is 80.4 Å². The van der Waals surface area contributed by atoms with Crippen LogP contribution in [0, 0.1) is 5.92 Å². The third-order valence-corrected chi connectivity index (χ3v) is 4.65. The lowest BCUT2D eigenvalue weighted by atomic mass is 10.0. The highest BCUT2D eigenvalue weighted by molar-refractivity contribution is 7.80. The molecule has 0 radical (unpaired) electrons. The number of hydrogen-bond acceptors (Lipinski definition) is 8. The molecule has 31 heavy (non-hydrogen) atoms. The molecule has 0 aliphatic carbocycles. The van der Waals surface area contributed by atoms with Crippen LogP contribution < -0.4 is 21.7 Å². The predicted octanol–water partition coefficient (Wildman–Crippen LogP) is -2.21. The topological polar surface area (TPSA) is 200 Å². The van der Waals surface area contributed by atoms with Crippen molar-refractivity contribution in [3.8, 4) is 0 Å². The van der Waals surface area contributed by atoms with Crippen molar-refractivity contribution >= 4 is 36.3 Å². The van der Waals surface area contributed by atoms with Gasteiger partial charge in [0.05, 0.1) is 12.9 Å². The van der Waals surface area contributed by atoms with Gasteiger partial charge < -0.3 is 36.9 Å². The number of carboxylic acid groups (broad SMARTS) is 1. The van der Waals surface area contributed by atoms with Crippen LogP contribution in [0.3, 0.4) is 0 Å². The first-order valence-electron chi connectivity index (χ1n) is 9.67. The third-order valence-electron chi connectivity index (χ3n) is 4.28. The number of thiol groups is 1. The van der Waals surface area contributed by atoms with E-state index >= 15 is 0 Å². The number of aromatic amines is 1. The number of aromatic nitrogens is 2. The van der Waals surface area contributed by atoms with Crippen molar-refractivity contribution in [3.05, 3.63) is 18.2 Å². The number of aliphatic carboxylic acids is 1. The number of carboxylic acids is 1. The summed E-state index contributed by atoms with van der Waals surface area (Å²) in [6, 6.07) is -4.60. The van der Waals surface area contributed by atoms with Gasteiger partial charge in [-0.2, -0.15) is 12.6 Å². The molecule has 13 heteroatoms. The molecule has 3 amide bonds. The Morgan fingerprint density at radius 2 is 1.68 bits per heavy atom. The minimum absolute atomic E-state index is 0.00891. The Bertz CT molecular complexity index is 744. The van der Waals surface area contributed by atoms with Gasteiger partial charge in [-0.25, -0.2) is 9.78 Å². The van der Waals surface area contributed by atoms with Gasteiger partial charge in [0.2, 0.25) is 17.7 Å². The van der Waals surface area contributed by atoms with Crippen LogP contribution in [0.2, 0.25) is 0 Å². The molecule has 1 aromatic heterocycles. The largest absolute Gasteiger partial charge is 0.480 e. The summed E-state index contributed by atoms with van der Waals surface area (Å²) >= 11 is 3.91. The van der Waals surface area contributed by atoms with Crippen LogP contribution in [0.25, 0.3) is 0 Å². The molecule has 0 spiro atoms. The van der Waals surface area contributed by atoms with E-state index in [-0.39, 0.29) is 24.5 Å². The Kier molecular flexibility index (Phi) is 11.0. The number of rotatable bonds is 13. The summed E-state index contributed by atoms with van der Waals surface area (Å²) in [5.41, 5.74) is 6.03. The number of carbonyl (C=O) groups excluding carboxylic acids is 3. The van der Waals surface area contributed by atoms with Gasteiger partial charge in [0.1, 0.15) is 24.2 Å². The quantitative estimate of drug-likeness (QED) is 0.152. The second-order valence-corrected chi connectivity index (χ2v) is 7.77. The summed E-state index contributed by atoms with van der Waals surface area (Å²) in [7, 11) is 0. The Morgan fingerprint density at radius 1 is 1.10 bits per heavy atom. The molecule has 0 saturated heterocycles. The molecule has 0 saturated carbocycles. The number of amides is 3. The number of nitrogens with zero attached hydrogens (tertiary/aromatic N) is 1. The van der Waals surface area contributed by atoms with Gasteiger partial charge >= 0.3 is 5.97 Å². The van der Waals surface area contributed by atoms with Gasteiger partial charge in [0.25, 0.3) is 0 Å². The van der Waals surface area contributed by atoms with Crippen LogP contribution in [-0.2, 0) is 25.6 Å². The van der Waals surface area contributed by atoms with E-state index in [1.165, 1.54) is 12.5 Å². The molecule has 174 valence electrons. The van der Waals surface area contributed by atoms with E-state index in [1.54, 1.807) is 0 Å². The second-order valence-electron chi connectivity index (χ2n) is 7.40. The van der Waals surface area contributed by atoms with Crippen molar-refractivity contribution in [3.63, 3.8) is 0 Å². The molecular formula is C18H30N6O6S. The molecule has 0 aromatic carbocycles. The fourth-order valence-corrected chi connectivity index (χ4v) is 2.87. The number of H-pyrrole nitrogens is 1. The molecule has 4 atom stereocenters. The summed E-state index contributed by atoms with van der Waals surface area (Å²) in [5, 5.41) is 25.6. The van der Waals surface area contributed by atoms with Crippen LogP contribution in [0.15, 0.2) is 12.5 Å². The SMILES string of the molecule is CC(C)CC(NC(=O)C(N)CO)C(=O)NC(Cc1cnc[nH]1)C(=O)NC(CS)C(=O)O. The molecule has 0 aliphatic rings. The predicted molar refractivity (Wildman–Crippen MR) is 114 cm³/mol. The molecule has 1 aromatic rings. The highest BCUT2D eigenvalue weighted by Crippen LogP contribution is 2.07. The second kappa shape index (κ2) is 12.9. The van der Waals surface area contributed by atoms with E-state index in [9.17, 15) is 19.2 Å². The minimum atomic E-state index is -1.27. The summed E-state index contributed by atoms with van der Waals surface area (Å²) < 4.78 is 0. The molecule has 12 nitrogen and oxygen atoms in total. The first kappa shape index (κ1) is 26.4. The monoisotopic (exact) mass is 458 g/mol. The van der Waals surface area contributed by atoms with E-state index in [0.29, 0.717) is 5.69 Å². The number of imidazole rings is 1. The number of nitrogens with two attached hydrogens (primary N) is 1. The van der Waals surface area contributed by atoms with Gasteiger partial charge in [0.15, 0.2) is 0 Å². The lowest BCUT2D eigenvalue weighted by Crippen LogP contribution is -2.58. The van der Waals surface area contributed by atoms with Crippen molar-refractivity contribution in [1.82, 2.24) is 25.9 Å². The Hall–Kier alpha value is -2.64. The van der Waals surface area contributed by atoms with Gasteiger partial charge in [-0.15, -0.1) is 0 Å². The molecule has 1 heterocycles. The average molecular weight is 459 g/mol. The van der Waals surface area contributed by atoms with Crippen LogP contribution in [0.4, 0.5) is 0 Å². The highest BCUT2D eigenvalue weighted by Gasteiger charge is 2.30. The number of nitrogens with one attached hydrogen (secondary N) is 4. The zero-order valence-corrected chi connectivity index (χ0v) is 18.3. The summed E-state index contributed by atoms with van der Waals surface area (Å²) in [6.07, 6.45) is 3.13. The molecular weight excluding hydrogens is 428 g/mol. The number of aliphatic hydroxyl groups excluding tert-OH is 1. The van der Waals surface area contributed by atoms with E-state index in [4.69, 9.17) is 15.9 Å². The maximum Gasteiger partial charge on any atom is 0.327 e. The number of aliphatic hydroxyl groups is 1. The molecule has 0 fully saturated rings. The van der Waals surface area contributed by atoms with Gasteiger partial charge in [0, 0.05) is 24.1 Å². The zero-order valence-electron chi connectivity index (χ0n) is 17.4. The van der Waals surface area contributed by atoms with Crippen LogP contribution >= 0.6 is 12.6 Å². The van der Waals surface area contributed by atoms with E-state index in [0.717, 1.165) is 0 Å². The highest BCUT2D eigenvalue weighted by atomic mass is 32.1. The lowest BCUT2D eigenvalue weighted by molar-refractivity contribution is -0.141. The lowest BCUT2D eigenvalue weighted by Gasteiger charge is -2.25. The van der Waals surface area contributed by atoms with Gasteiger partial charge in [-0.3, -0.25) is 14.4 Å². The van der Waals surface area contributed by atoms with Crippen molar-refractivity contribution in [2.75, 3.05) is 12.4 Å². The smallest absolute Gasteiger partial charge is 0.327 e. The van der Waals surface area contributed by atoms with Crippen LogP contribution in [0.1, 0.15) is 26.0 Å². The molecule has 1 rings (SSSR count). The summed E-state index contributed by atoms with van der Waals surface area (Å²) in [6.45, 7) is 3.10. The first-order chi connectivity index (χ1) is 14.6. The standard InChI is InChI=1S/C18H30N6O6S/c1-9(2)3-12(22-15(26)11(19)6-25)16(27)23-13(4-10-5-20-8-21-10)17(28)24-14(7-31)18(29)30/h5,8-9,11-14,25,31H,3-4,6-7,19H2,1-2H3,(H,20,21)(H,22,26)(H,23,27)(H,24,28)(H,29,30). The van der Waals surface area contributed by atoms with Gasteiger partial charge in [-0.05, 0) is 12.3 Å². The first-order valence-corrected chi connectivity index (χ1v) is 10.3. The van der Waals surface area contributed by atoms with Gasteiger partial charge in [-0.1, -0.05) is 13.8 Å². The Balaban J connectivity index is 3.01. The molecule has 0 aliphatic heterocycles. The van der Waals surface area contributed by atoms with Crippen molar-refractivity contribution < 1.29 is 29.4 Å². The molecule has 4 unspecified atom stereocenters. The Labute approximate surface area is 185 Å². The molecule has 8 N–H and O–H groups in total. The normalized spacial score (nSPS) is 14.9. The van der Waals surface area contributed by atoms with Crippen molar-refractivity contribution in [1.29, 1.82) is 0 Å². The van der Waals surface area contributed by atoms with E-state index in [2.05, 4.69) is 38.5 Å². The van der Waals surface area contributed by atoms with Crippen molar-refractivity contribution in [2.45, 2.75) is 50.9 Å². The average Bonchev–Trinajstić information content (AvgIpc) is 3.22. The summed E-state index contributed by atoms with van der Waals surface area (Å²) in [4.78, 5) is 55.6. The number of hydrogen-bond donors (Lipinski definition) is 8. The maximum absolute atomic E-state index is 12.9. The Morgan fingerprint density at radius 3 is 2.16 bits per heavy atom. The zero-order chi connectivity index (χ0) is 23.6. The molecule has 0 bridgehead atoms. The fraction of sp³-hybridized carbons (Fsp3) is 0.611. The fourth-order valence-electron chi connectivity index (χ4n) is 2.62. The summed E-state index contributed by atoms with van der Waals surface area (Å²) in [5.74, 6) is -3.48. The van der Waals surface area contributed by atoms with E-state index in [1.807, 2.05) is 13.8 Å². The van der Waals surface area contributed by atoms with E-state index < -0.39 is 54.5 Å². The minimum Gasteiger partial charge on any atom is -0.480 e. The maximum atomic E-state index is 12.9. The van der Waals surface area contributed by atoms with Crippen LogP contribution in [0.5, 0.6) is 0 Å². The number of carbonyl (C=O) groups is 4. The van der Waals surface area contributed by atoms with Crippen molar-refractivity contribution in [2.24, 2.45) is 11.7 Å².